The van der Waals surface area contributed by atoms with Crippen LogP contribution in [0.5, 0.6) is 5.75 Å². The molecule has 2 rings (SSSR count). The highest BCUT2D eigenvalue weighted by atomic mass is 16.5. The predicted octanol–water partition coefficient (Wildman–Crippen LogP) is 2.60. The van der Waals surface area contributed by atoms with E-state index in [0.29, 0.717) is 16.7 Å². The summed E-state index contributed by atoms with van der Waals surface area (Å²) >= 11 is 0. The molecule has 0 aliphatic rings. The van der Waals surface area contributed by atoms with Gasteiger partial charge in [-0.3, -0.25) is 4.79 Å². The number of amides is 1. The number of ether oxygens (including phenoxy) is 1. The Morgan fingerprint density at radius 3 is 2.95 bits per heavy atom. The lowest BCUT2D eigenvalue weighted by atomic mass is 10.2. The van der Waals surface area contributed by atoms with Gasteiger partial charge in [-0.1, -0.05) is 19.1 Å². The molecule has 0 spiro atoms. The SMILES string of the molecule is CCC(C)NC(=O)COc1c(C#N)oc2ccccc12. The average Bonchev–Trinajstić information content (AvgIpc) is 2.82. The Hall–Kier alpha value is -2.48. The molecule has 1 aromatic carbocycles. The summed E-state index contributed by atoms with van der Waals surface area (Å²) in [5, 5.41) is 12.5. The third kappa shape index (κ3) is 2.91. The van der Waals surface area contributed by atoms with Crippen LogP contribution < -0.4 is 10.1 Å². The summed E-state index contributed by atoms with van der Waals surface area (Å²) in [6.45, 7) is 3.78. The van der Waals surface area contributed by atoms with Crippen molar-refractivity contribution < 1.29 is 13.9 Å². The number of furan rings is 1. The van der Waals surface area contributed by atoms with Crippen molar-refractivity contribution in [1.82, 2.24) is 5.32 Å². The lowest BCUT2D eigenvalue weighted by molar-refractivity contribution is -0.123. The van der Waals surface area contributed by atoms with Gasteiger partial charge in [-0.05, 0) is 25.5 Å². The quantitative estimate of drug-likeness (QED) is 0.907. The number of hydrogen-bond acceptors (Lipinski definition) is 4. The molecule has 0 saturated carbocycles. The van der Waals surface area contributed by atoms with Crippen LogP contribution >= 0.6 is 0 Å². The average molecular weight is 272 g/mol. The second-order valence-electron chi connectivity index (χ2n) is 4.53. The smallest absolute Gasteiger partial charge is 0.258 e. The van der Waals surface area contributed by atoms with E-state index >= 15 is 0 Å². The highest BCUT2D eigenvalue weighted by molar-refractivity contribution is 5.87. The molecule has 0 aliphatic carbocycles. The Balaban J connectivity index is 2.13. The van der Waals surface area contributed by atoms with Gasteiger partial charge in [-0.25, -0.2) is 0 Å². The highest BCUT2D eigenvalue weighted by Crippen LogP contribution is 2.32. The molecule has 1 aromatic heterocycles. The van der Waals surface area contributed by atoms with Gasteiger partial charge < -0.3 is 14.5 Å². The van der Waals surface area contributed by atoms with Gasteiger partial charge in [0.25, 0.3) is 5.91 Å². The molecule has 1 amide bonds. The number of carbonyl (C=O) groups excluding carboxylic acids is 1. The van der Waals surface area contributed by atoms with Gasteiger partial charge in [0.2, 0.25) is 5.76 Å². The first kappa shape index (κ1) is 13.9. The number of nitrogens with one attached hydrogen (secondary N) is 1. The van der Waals surface area contributed by atoms with Crippen LogP contribution in [-0.4, -0.2) is 18.6 Å². The number of para-hydroxylation sites is 1. The van der Waals surface area contributed by atoms with Crippen LogP contribution in [-0.2, 0) is 4.79 Å². The van der Waals surface area contributed by atoms with E-state index in [0.717, 1.165) is 6.42 Å². The van der Waals surface area contributed by atoms with Gasteiger partial charge in [-0.15, -0.1) is 0 Å². The van der Waals surface area contributed by atoms with Crippen molar-refractivity contribution in [3.63, 3.8) is 0 Å². The van der Waals surface area contributed by atoms with Crippen molar-refractivity contribution in [3.05, 3.63) is 30.0 Å². The van der Waals surface area contributed by atoms with Gasteiger partial charge in [0, 0.05) is 6.04 Å². The largest absolute Gasteiger partial charge is 0.478 e. The van der Waals surface area contributed by atoms with Crippen molar-refractivity contribution in [2.24, 2.45) is 0 Å². The molecule has 20 heavy (non-hydrogen) atoms. The van der Waals surface area contributed by atoms with Crippen molar-refractivity contribution in [2.45, 2.75) is 26.3 Å². The molecule has 5 nitrogen and oxygen atoms in total. The Bertz CT molecular complexity index is 655. The zero-order valence-corrected chi connectivity index (χ0v) is 11.5. The van der Waals surface area contributed by atoms with Crippen LogP contribution in [0, 0.1) is 11.3 Å². The van der Waals surface area contributed by atoms with E-state index in [4.69, 9.17) is 14.4 Å². The Kier molecular flexibility index (Phi) is 4.26. The summed E-state index contributed by atoms with van der Waals surface area (Å²) in [7, 11) is 0. The van der Waals surface area contributed by atoms with Crippen LogP contribution in [0.2, 0.25) is 0 Å². The molecule has 0 bridgehead atoms. The second kappa shape index (κ2) is 6.11. The number of nitrogens with zero attached hydrogens (tertiary/aromatic N) is 1. The molecule has 1 N–H and O–H groups in total. The number of nitriles is 1. The summed E-state index contributed by atoms with van der Waals surface area (Å²) in [6.07, 6.45) is 0.851. The fourth-order valence-corrected chi connectivity index (χ4v) is 1.80. The maximum atomic E-state index is 11.7. The van der Waals surface area contributed by atoms with E-state index < -0.39 is 0 Å². The Morgan fingerprint density at radius 2 is 2.25 bits per heavy atom. The molecule has 0 radical (unpaired) electrons. The van der Waals surface area contributed by atoms with E-state index in [1.165, 1.54) is 0 Å². The maximum absolute atomic E-state index is 11.7. The molecule has 1 unspecified atom stereocenters. The first-order valence-electron chi connectivity index (χ1n) is 6.49. The summed E-state index contributed by atoms with van der Waals surface area (Å²) < 4.78 is 10.8. The fraction of sp³-hybridized carbons (Fsp3) is 0.333. The van der Waals surface area contributed by atoms with Crippen molar-refractivity contribution in [1.29, 1.82) is 5.26 Å². The van der Waals surface area contributed by atoms with Crippen LogP contribution in [0.15, 0.2) is 28.7 Å². The first-order valence-corrected chi connectivity index (χ1v) is 6.49. The summed E-state index contributed by atoms with van der Waals surface area (Å²) in [6, 6.07) is 9.22. The fourth-order valence-electron chi connectivity index (χ4n) is 1.80. The topological polar surface area (TPSA) is 75.3 Å². The molecule has 1 atom stereocenters. The highest BCUT2D eigenvalue weighted by Gasteiger charge is 2.16. The molecule has 0 aliphatic heterocycles. The van der Waals surface area contributed by atoms with E-state index in [-0.39, 0.29) is 24.3 Å². The summed E-state index contributed by atoms with van der Waals surface area (Å²) in [4.78, 5) is 11.7. The lowest BCUT2D eigenvalue weighted by Gasteiger charge is -2.11. The first-order chi connectivity index (χ1) is 9.65. The van der Waals surface area contributed by atoms with Crippen LogP contribution in [0.4, 0.5) is 0 Å². The van der Waals surface area contributed by atoms with E-state index in [9.17, 15) is 4.79 Å². The normalized spacial score (nSPS) is 11.8. The number of rotatable bonds is 5. The zero-order valence-electron chi connectivity index (χ0n) is 11.5. The minimum atomic E-state index is -0.214. The summed E-state index contributed by atoms with van der Waals surface area (Å²) in [5.74, 6) is 0.193. The number of fused-ring (bicyclic) bond motifs is 1. The molecule has 1 heterocycles. The minimum absolute atomic E-state index is 0.0857. The van der Waals surface area contributed by atoms with Gasteiger partial charge in [0.05, 0.1) is 5.39 Å². The van der Waals surface area contributed by atoms with Gasteiger partial charge in [0.1, 0.15) is 11.7 Å². The Labute approximate surface area is 117 Å². The lowest BCUT2D eigenvalue weighted by Crippen LogP contribution is -2.35. The third-order valence-electron chi connectivity index (χ3n) is 3.02. The summed E-state index contributed by atoms with van der Waals surface area (Å²) in [5.41, 5.74) is 0.571. The van der Waals surface area contributed by atoms with Crippen molar-refractivity contribution in [3.8, 4) is 11.8 Å². The molecular formula is C15H16N2O3. The van der Waals surface area contributed by atoms with Gasteiger partial charge in [-0.2, -0.15) is 5.26 Å². The molecule has 5 heteroatoms. The van der Waals surface area contributed by atoms with E-state index in [2.05, 4.69) is 5.32 Å². The monoisotopic (exact) mass is 272 g/mol. The molecular weight excluding hydrogens is 256 g/mol. The molecule has 104 valence electrons. The van der Waals surface area contributed by atoms with Crippen LogP contribution in [0.25, 0.3) is 11.0 Å². The van der Waals surface area contributed by atoms with Crippen molar-refractivity contribution >= 4 is 16.9 Å². The number of carbonyl (C=O) groups is 1. The van der Waals surface area contributed by atoms with Crippen LogP contribution in [0.3, 0.4) is 0 Å². The van der Waals surface area contributed by atoms with Crippen molar-refractivity contribution in [2.75, 3.05) is 6.61 Å². The van der Waals surface area contributed by atoms with Gasteiger partial charge in [0.15, 0.2) is 12.4 Å². The maximum Gasteiger partial charge on any atom is 0.258 e. The van der Waals surface area contributed by atoms with Gasteiger partial charge >= 0.3 is 0 Å². The Morgan fingerprint density at radius 1 is 1.50 bits per heavy atom. The number of benzene rings is 1. The standard InChI is InChI=1S/C15H16N2O3/c1-3-10(2)17-14(18)9-19-15-11-6-4-5-7-12(11)20-13(15)8-16/h4-7,10H,3,9H2,1-2H3,(H,17,18). The molecule has 0 saturated heterocycles. The van der Waals surface area contributed by atoms with E-state index in [1.54, 1.807) is 12.1 Å². The van der Waals surface area contributed by atoms with E-state index in [1.807, 2.05) is 32.0 Å². The minimum Gasteiger partial charge on any atom is -0.478 e. The third-order valence-corrected chi connectivity index (χ3v) is 3.02. The van der Waals surface area contributed by atoms with Crippen LogP contribution in [0.1, 0.15) is 26.0 Å². The molecule has 2 aromatic rings. The second-order valence-corrected chi connectivity index (χ2v) is 4.53. The molecule has 0 fully saturated rings. The number of hydrogen-bond donors (Lipinski definition) is 1. The zero-order chi connectivity index (χ0) is 14.5. The predicted molar refractivity (Wildman–Crippen MR) is 74.3 cm³/mol.